The van der Waals surface area contributed by atoms with Crippen molar-refractivity contribution < 1.29 is 9.53 Å². The SMILES string of the molecule is COc1ccccc1N1CCN(C(=O)C=Cc2ccc(Cl)cc2Cl)CC1. The van der Waals surface area contributed by atoms with Gasteiger partial charge in [-0.25, -0.2) is 0 Å². The number of para-hydroxylation sites is 2. The van der Waals surface area contributed by atoms with Gasteiger partial charge in [0.25, 0.3) is 0 Å². The highest BCUT2D eigenvalue weighted by Crippen LogP contribution is 2.28. The van der Waals surface area contributed by atoms with Gasteiger partial charge in [-0.05, 0) is 35.9 Å². The summed E-state index contributed by atoms with van der Waals surface area (Å²) in [6.45, 7) is 2.86. The second-order valence-electron chi connectivity index (χ2n) is 5.98. The van der Waals surface area contributed by atoms with Crippen LogP contribution in [0, 0.1) is 0 Å². The maximum absolute atomic E-state index is 12.4. The van der Waals surface area contributed by atoms with Gasteiger partial charge in [0.1, 0.15) is 5.75 Å². The van der Waals surface area contributed by atoms with Gasteiger partial charge in [-0.15, -0.1) is 0 Å². The molecule has 0 unspecified atom stereocenters. The topological polar surface area (TPSA) is 32.8 Å². The molecule has 0 N–H and O–H groups in total. The van der Waals surface area contributed by atoms with E-state index in [0.717, 1.165) is 30.1 Å². The molecule has 1 aliphatic rings. The van der Waals surface area contributed by atoms with E-state index in [9.17, 15) is 4.79 Å². The Balaban J connectivity index is 1.61. The first kappa shape index (κ1) is 18.6. The third-order valence-corrected chi connectivity index (χ3v) is 4.95. The van der Waals surface area contributed by atoms with Crippen LogP contribution in [-0.2, 0) is 4.79 Å². The summed E-state index contributed by atoms with van der Waals surface area (Å²) >= 11 is 12.0. The normalized spacial score (nSPS) is 14.7. The van der Waals surface area contributed by atoms with Crippen molar-refractivity contribution >= 4 is 40.9 Å². The lowest BCUT2D eigenvalue weighted by Gasteiger charge is -2.36. The van der Waals surface area contributed by atoms with Gasteiger partial charge in [0.2, 0.25) is 5.91 Å². The number of ether oxygens (including phenoxy) is 1. The van der Waals surface area contributed by atoms with Crippen molar-refractivity contribution in [1.82, 2.24) is 4.90 Å². The molecule has 0 saturated carbocycles. The van der Waals surface area contributed by atoms with E-state index in [1.54, 1.807) is 37.5 Å². The van der Waals surface area contributed by atoms with Crippen LogP contribution in [0.4, 0.5) is 5.69 Å². The standard InChI is InChI=1S/C20H20Cl2N2O2/c1-26-19-5-3-2-4-18(19)23-10-12-24(13-11-23)20(25)9-7-15-6-8-16(21)14-17(15)22/h2-9,14H,10-13H2,1H3. The van der Waals surface area contributed by atoms with Crippen LogP contribution >= 0.6 is 23.2 Å². The number of piperazine rings is 1. The molecule has 6 heteroatoms. The number of carbonyl (C=O) groups is 1. The van der Waals surface area contributed by atoms with E-state index in [-0.39, 0.29) is 5.91 Å². The Hall–Kier alpha value is -2.17. The van der Waals surface area contributed by atoms with E-state index in [1.165, 1.54) is 0 Å². The third-order valence-electron chi connectivity index (χ3n) is 4.39. The lowest BCUT2D eigenvalue weighted by atomic mass is 10.2. The van der Waals surface area contributed by atoms with Crippen LogP contribution in [0.5, 0.6) is 5.75 Å². The number of halogens is 2. The van der Waals surface area contributed by atoms with Crippen LogP contribution < -0.4 is 9.64 Å². The average Bonchev–Trinajstić information content (AvgIpc) is 2.67. The van der Waals surface area contributed by atoms with Gasteiger partial charge in [0, 0.05) is 42.3 Å². The maximum Gasteiger partial charge on any atom is 0.246 e. The molecular formula is C20H20Cl2N2O2. The molecular weight excluding hydrogens is 371 g/mol. The molecule has 0 radical (unpaired) electrons. The Morgan fingerprint density at radius 1 is 1.08 bits per heavy atom. The van der Waals surface area contributed by atoms with Crippen LogP contribution in [0.1, 0.15) is 5.56 Å². The summed E-state index contributed by atoms with van der Waals surface area (Å²) in [7, 11) is 1.67. The van der Waals surface area contributed by atoms with Gasteiger partial charge >= 0.3 is 0 Å². The number of amides is 1. The van der Waals surface area contributed by atoms with Crippen LogP contribution in [0.2, 0.25) is 10.0 Å². The molecule has 136 valence electrons. The number of anilines is 1. The molecule has 0 bridgehead atoms. The summed E-state index contributed by atoms with van der Waals surface area (Å²) in [5, 5.41) is 1.11. The molecule has 26 heavy (non-hydrogen) atoms. The number of carbonyl (C=O) groups excluding carboxylic acids is 1. The second kappa shape index (κ2) is 8.47. The van der Waals surface area contributed by atoms with Crippen molar-refractivity contribution in [3.05, 3.63) is 64.1 Å². The van der Waals surface area contributed by atoms with Gasteiger partial charge < -0.3 is 14.5 Å². The van der Waals surface area contributed by atoms with Crippen LogP contribution in [0.25, 0.3) is 6.08 Å². The van der Waals surface area contributed by atoms with Crippen molar-refractivity contribution in [2.24, 2.45) is 0 Å². The molecule has 4 nitrogen and oxygen atoms in total. The fourth-order valence-corrected chi connectivity index (χ4v) is 3.43. The molecule has 1 amide bonds. The summed E-state index contributed by atoms with van der Waals surface area (Å²) < 4.78 is 5.42. The Labute approximate surface area is 163 Å². The van der Waals surface area contributed by atoms with E-state index < -0.39 is 0 Å². The maximum atomic E-state index is 12.4. The first-order valence-electron chi connectivity index (χ1n) is 8.38. The van der Waals surface area contributed by atoms with E-state index in [2.05, 4.69) is 4.90 Å². The van der Waals surface area contributed by atoms with Crippen molar-refractivity contribution in [3.8, 4) is 5.75 Å². The fraction of sp³-hybridized carbons (Fsp3) is 0.250. The molecule has 3 rings (SSSR count). The first-order valence-corrected chi connectivity index (χ1v) is 9.14. The minimum atomic E-state index is -0.0179. The minimum Gasteiger partial charge on any atom is -0.495 e. The van der Waals surface area contributed by atoms with Crippen LogP contribution in [-0.4, -0.2) is 44.1 Å². The molecule has 0 aromatic heterocycles. The monoisotopic (exact) mass is 390 g/mol. The Bertz CT molecular complexity index is 815. The van der Waals surface area contributed by atoms with E-state index in [0.29, 0.717) is 23.1 Å². The number of rotatable bonds is 4. The zero-order valence-corrected chi connectivity index (χ0v) is 16.0. The fourth-order valence-electron chi connectivity index (χ4n) is 2.96. The van der Waals surface area contributed by atoms with Crippen molar-refractivity contribution in [1.29, 1.82) is 0 Å². The molecule has 1 saturated heterocycles. The molecule has 1 aliphatic heterocycles. The number of hydrogen-bond donors (Lipinski definition) is 0. The summed E-state index contributed by atoms with van der Waals surface area (Å²) in [4.78, 5) is 16.5. The minimum absolute atomic E-state index is 0.0179. The predicted octanol–water partition coefficient (Wildman–Crippen LogP) is 4.36. The first-order chi connectivity index (χ1) is 12.6. The van der Waals surface area contributed by atoms with Crippen LogP contribution in [0.15, 0.2) is 48.5 Å². The summed E-state index contributed by atoms with van der Waals surface area (Å²) in [6.07, 6.45) is 3.29. The quantitative estimate of drug-likeness (QED) is 0.726. The van der Waals surface area contributed by atoms with Crippen molar-refractivity contribution in [3.63, 3.8) is 0 Å². The van der Waals surface area contributed by atoms with Gasteiger partial charge in [-0.1, -0.05) is 41.4 Å². The van der Waals surface area contributed by atoms with Gasteiger partial charge in [0.05, 0.1) is 12.8 Å². The lowest BCUT2D eigenvalue weighted by Crippen LogP contribution is -2.48. The molecule has 0 spiro atoms. The van der Waals surface area contributed by atoms with Crippen molar-refractivity contribution in [2.45, 2.75) is 0 Å². The molecule has 1 heterocycles. The largest absolute Gasteiger partial charge is 0.495 e. The van der Waals surface area contributed by atoms with E-state index >= 15 is 0 Å². The van der Waals surface area contributed by atoms with Crippen LogP contribution in [0.3, 0.4) is 0 Å². The van der Waals surface area contributed by atoms with E-state index in [1.807, 2.05) is 29.2 Å². The zero-order valence-electron chi connectivity index (χ0n) is 14.5. The Morgan fingerprint density at radius 3 is 2.50 bits per heavy atom. The Morgan fingerprint density at radius 2 is 1.81 bits per heavy atom. The van der Waals surface area contributed by atoms with Crippen molar-refractivity contribution in [2.75, 3.05) is 38.2 Å². The average molecular weight is 391 g/mol. The molecule has 2 aromatic carbocycles. The predicted molar refractivity (Wildman–Crippen MR) is 107 cm³/mol. The van der Waals surface area contributed by atoms with Gasteiger partial charge in [-0.3, -0.25) is 4.79 Å². The molecule has 0 atom stereocenters. The number of nitrogens with zero attached hydrogens (tertiary/aromatic N) is 2. The van der Waals surface area contributed by atoms with E-state index in [4.69, 9.17) is 27.9 Å². The van der Waals surface area contributed by atoms with Gasteiger partial charge in [0.15, 0.2) is 0 Å². The summed E-state index contributed by atoms with van der Waals surface area (Å²) in [6, 6.07) is 13.2. The number of hydrogen-bond acceptors (Lipinski definition) is 3. The lowest BCUT2D eigenvalue weighted by molar-refractivity contribution is -0.126. The Kier molecular flexibility index (Phi) is 6.07. The number of benzene rings is 2. The highest BCUT2D eigenvalue weighted by atomic mass is 35.5. The molecule has 2 aromatic rings. The third kappa shape index (κ3) is 4.32. The number of methoxy groups -OCH3 is 1. The molecule has 1 fully saturated rings. The molecule has 0 aliphatic carbocycles. The highest BCUT2D eigenvalue weighted by Gasteiger charge is 2.21. The summed E-state index contributed by atoms with van der Waals surface area (Å²) in [5.41, 5.74) is 1.84. The highest BCUT2D eigenvalue weighted by molar-refractivity contribution is 6.35. The smallest absolute Gasteiger partial charge is 0.246 e. The van der Waals surface area contributed by atoms with Gasteiger partial charge in [-0.2, -0.15) is 0 Å². The second-order valence-corrected chi connectivity index (χ2v) is 6.83. The summed E-state index contributed by atoms with van der Waals surface area (Å²) in [5.74, 6) is 0.834. The zero-order chi connectivity index (χ0) is 18.5.